The van der Waals surface area contributed by atoms with Gasteiger partial charge in [0, 0.05) is 17.8 Å². The SMILES string of the molecule is C/C=C(\N)NNC(=O)/C=C\n1cnc(-c2cc(C(F)(F)F)cc(C(F)(F)F)c2)n1. The second-order valence-corrected chi connectivity index (χ2v) is 5.52. The number of rotatable bonds is 5. The van der Waals surface area contributed by atoms with E-state index in [1.807, 2.05) is 0 Å². The summed E-state index contributed by atoms with van der Waals surface area (Å²) in [5, 5.41) is 3.76. The molecule has 1 aromatic heterocycles. The molecule has 0 saturated carbocycles. The molecule has 0 unspecified atom stereocenters. The van der Waals surface area contributed by atoms with Crippen molar-refractivity contribution in [1.82, 2.24) is 25.6 Å². The Bertz CT molecular complexity index is 912. The van der Waals surface area contributed by atoms with Crippen LogP contribution in [0, 0.1) is 0 Å². The van der Waals surface area contributed by atoms with Gasteiger partial charge in [-0.2, -0.15) is 26.3 Å². The predicted molar refractivity (Wildman–Crippen MR) is 90.0 cm³/mol. The van der Waals surface area contributed by atoms with Crippen LogP contribution in [0.5, 0.6) is 0 Å². The molecule has 0 fully saturated rings. The van der Waals surface area contributed by atoms with E-state index in [1.54, 1.807) is 6.92 Å². The second kappa shape index (κ2) is 8.24. The van der Waals surface area contributed by atoms with Crippen molar-refractivity contribution in [3.05, 3.63) is 53.6 Å². The molecule has 0 saturated heterocycles. The van der Waals surface area contributed by atoms with Gasteiger partial charge in [0.05, 0.1) is 11.1 Å². The first-order valence-corrected chi connectivity index (χ1v) is 7.77. The number of allylic oxidation sites excluding steroid dienone is 1. The lowest BCUT2D eigenvalue weighted by Gasteiger charge is -2.13. The standard InChI is InChI=1S/C16H14F6N6O/c1-2-12(23)25-26-13(29)3-4-28-8-24-14(27-28)9-5-10(15(17,18)19)7-11(6-9)16(20,21)22/h2-8,25H,23H2,1H3,(H,26,29)/b4-3-,12-2+. The Morgan fingerprint density at radius 1 is 1.07 bits per heavy atom. The lowest BCUT2D eigenvalue weighted by atomic mass is 10.0. The minimum Gasteiger partial charge on any atom is -0.384 e. The van der Waals surface area contributed by atoms with Crippen molar-refractivity contribution in [2.24, 2.45) is 5.73 Å². The second-order valence-electron chi connectivity index (χ2n) is 5.52. The molecule has 0 spiro atoms. The Kier molecular flexibility index (Phi) is 6.19. The number of carbonyl (C=O) groups excluding carboxylic acids is 1. The Labute approximate surface area is 159 Å². The van der Waals surface area contributed by atoms with E-state index < -0.39 is 35.0 Å². The highest BCUT2D eigenvalue weighted by atomic mass is 19.4. The lowest BCUT2D eigenvalue weighted by Crippen LogP contribution is -2.38. The molecule has 1 aromatic carbocycles. The van der Waals surface area contributed by atoms with E-state index in [9.17, 15) is 31.1 Å². The highest BCUT2D eigenvalue weighted by Gasteiger charge is 2.37. The average molecular weight is 420 g/mol. The average Bonchev–Trinajstić information content (AvgIpc) is 3.11. The lowest BCUT2D eigenvalue weighted by molar-refractivity contribution is -0.143. The van der Waals surface area contributed by atoms with Crippen molar-refractivity contribution in [2.75, 3.05) is 0 Å². The quantitative estimate of drug-likeness (QED) is 0.393. The maximum atomic E-state index is 12.9. The van der Waals surface area contributed by atoms with Gasteiger partial charge in [0.2, 0.25) is 0 Å². The van der Waals surface area contributed by atoms with Crippen LogP contribution in [0.4, 0.5) is 26.3 Å². The van der Waals surface area contributed by atoms with E-state index >= 15 is 0 Å². The Morgan fingerprint density at radius 2 is 1.66 bits per heavy atom. The molecule has 0 aliphatic carbocycles. The molecule has 2 rings (SSSR count). The summed E-state index contributed by atoms with van der Waals surface area (Å²) in [5.41, 5.74) is 6.53. The van der Waals surface area contributed by atoms with E-state index in [0.717, 1.165) is 23.3 Å². The fourth-order valence-electron chi connectivity index (χ4n) is 1.95. The molecule has 4 N–H and O–H groups in total. The van der Waals surface area contributed by atoms with E-state index in [2.05, 4.69) is 20.9 Å². The van der Waals surface area contributed by atoms with Crippen LogP contribution in [-0.2, 0) is 17.1 Å². The van der Waals surface area contributed by atoms with Crippen LogP contribution in [0.15, 0.2) is 42.5 Å². The summed E-state index contributed by atoms with van der Waals surface area (Å²) in [6.45, 7) is 1.62. The monoisotopic (exact) mass is 420 g/mol. The van der Waals surface area contributed by atoms with Gasteiger partial charge in [0.25, 0.3) is 5.91 Å². The number of hydrazine groups is 1. The number of nitrogens with two attached hydrogens (primary N) is 1. The summed E-state index contributed by atoms with van der Waals surface area (Å²) < 4.78 is 78.5. The van der Waals surface area contributed by atoms with Crippen molar-refractivity contribution in [2.45, 2.75) is 19.3 Å². The zero-order chi connectivity index (χ0) is 21.8. The van der Waals surface area contributed by atoms with Gasteiger partial charge in [0.1, 0.15) is 12.1 Å². The number of hydrogen-bond acceptors (Lipinski definition) is 5. The summed E-state index contributed by atoms with van der Waals surface area (Å²) in [6.07, 6.45) is -5.39. The highest BCUT2D eigenvalue weighted by Crippen LogP contribution is 2.37. The molecule has 7 nitrogen and oxygen atoms in total. The third kappa shape index (κ3) is 5.99. The third-order valence-electron chi connectivity index (χ3n) is 3.37. The number of nitrogens with zero attached hydrogens (tertiary/aromatic N) is 3. The van der Waals surface area contributed by atoms with Crippen molar-refractivity contribution < 1.29 is 31.1 Å². The third-order valence-corrected chi connectivity index (χ3v) is 3.37. The van der Waals surface area contributed by atoms with Crippen LogP contribution < -0.4 is 16.6 Å². The molecule has 0 atom stereocenters. The van der Waals surface area contributed by atoms with Gasteiger partial charge in [-0.05, 0) is 31.2 Å². The fourth-order valence-corrected chi connectivity index (χ4v) is 1.95. The zero-order valence-corrected chi connectivity index (χ0v) is 14.6. The van der Waals surface area contributed by atoms with Gasteiger partial charge < -0.3 is 5.73 Å². The number of aromatic nitrogens is 3. The summed E-state index contributed by atoms with van der Waals surface area (Å²) >= 11 is 0. The van der Waals surface area contributed by atoms with Crippen LogP contribution >= 0.6 is 0 Å². The molecular weight excluding hydrogens is 406 g/mol. The number of hydrogen-bond donors (Lipinski definition) is 3. The van der Waals surface area contributed by atoms with Crippen molar-refractivity contribution in [1.29, 1.82) is 0 Å². The van der Waals surface area contributed by atoms with Crippen molar-refractivity contribution >= 4 is 12.1 Å². The van der Waals surface area contributed by atoms with Gasteiger partial charge in [-0.1, -0.05) is 0 Å². The molecule has 2 aromatic rings. The zero-order valence-electron chi connectivity index (χ0n) is 14.6. The maximum Gasteiger partial charge on any atom is 0.416 e. The van der Waals surface area contributed by atoms with Crippen LogP contribution in [0.25, 0.3) is 17.6 Å². The summed E-state index contributed by atoms with van der Waals surface area (Å²) in [5.74, 6) is -0.854. The minimum absolute atomic E-state index is 0.00812. The summed E-state index contributed by atoms with van der Waals surface area (Å²) in [4.78, 5) is 15.3. The van der Waals surface area contributed by atoms with E-state index in [-0.39, 0.29) is 17.7 Å². The van der Waals surface area contributed by atoms with E-state index in [4.69, 9.17) is 5.73 Å². The number of nitrogens with one attached hydrogen (secondary N) is 2. The number of amides is 1. The fraction of sp³-hybridized carbons (Fsp3) is 0.188. The number of benzene rings is 1. The smallest absolute Gasteiger partial charge is 0.384 e. The normalized spacial score (nSPS) is 13.0. The Hall–Kier alpha value is -3.51. The van der Waals surface area contributed by atoms with E-state index in [0.29, 0.717) is 12.1 Å². The molecule has 13 heteroatoms. The minimum atomic E-state index is -4.99. The molecule has 1 amide bonds. The van der Waals surface area contributed by atoms with Crippen LogP contribution in [0.1, 0.15) is 18.1 Å². The molecule has 1 heterocycles. The molecule has 0 aliphatic heterocycles. The number of carbonyl (C=O) groups is 1. The predicted octanol–water partition coefficient (Wildman–Crippen LogP) is 2.89. The number of alkyl halides is 6. The molecule has 0 radical (unpaired) electrons. The summed E-state index contributed by atoms with van der Waals surface area (Å²) in [7, 11) is 0. The van der Waals surface area contributed by atoms with Crippen LogP contribution in [-0.4, -0.2) is 20.7 Å². The molecule has 29 heavy (non-hydrogen) atoms. The molecule has 156 valence electrons. The first kappa shape index (κ1) is 21.8. The van der Waals surface area contributed by atoms with Gasteiger partial charge in [-0.25, -0.2) is 9.67 Å². The van der Waals surface area contributed by atoms with Crippen molar-refractivity contribution in [3.63, 3.8) is 0 Å². The van der Waals surface area contributed by atoms with Gasteiger partial charge >= 0.3 is 12.4 Å². The van der Waals surface area contributed by atoms with Gasteiger partial charge in [-0.15, -0.1) is 5.10 Å². The van der Waals surface area contributed by atoms with E-state index in [1.165, 1.54) is 6.08 Å². The van der Waals surface area contributed by atoms with Gasteiger partial charge in [-0.3, -0.25) is 15.6 Å². The van der Waals surface area contributed by atoms with Gasteiger partial charge in [0.15, 0.2) is 5.82 Å². The highest BCUT2D eigenvalue weighted by molar-refractivity contribution is 5.89. The molecular formula is C16H14F6N6O. The first-order chi connectivity index (χ1) is 13.4. The molecule has 0 aliphatic rings. The van der Waals surface area contributed by atoms with Crippen LogP contribution in [0.2, 0.25) is 0 Å². The van der Waals surface area contributed by atoms with Crippen LogP contribution in [0.3, 0.4) is 0 Å². The largest absolute Gasteiger partial charge is 0.416 e. The first-order valence-electron chi connectivity index (χ1n) is 7.77. The van der Waals surface area contributed by atoms with Crippen molar-refractivity contribution in [3.8, 4) is 11.4 Å². The Balaban J connectivity index is 2.27. The summed E-state index contributed by atoms with van der Waals surface area (Å²) in [6, 6.07) is 1.03. The topological polar surface area (TPSA) is 97.9 Å². The Morgan fingerprint density at radius 3 is 2.17 bits per heavy atom. The maximum absolute atomic E-state index is 12.9. The number of halogens is 6. The molecule has 0 bridgehead atoms.